The molecule has 0 aliphatic rings. The summed E-state index contributed by atoms with van der Waals surface area (Å²) >= 11 is 0. The summed E-state index contributed by atoms with van der Waals surface area (Å²) in [5, 5.41) is 6.10. The highest BCUT2D eigenvalue weighted by molar-refractivity contribution is 5.80. The van der Waals surface area contributed by atoms with Crippen LogP contribution in [0.1, 0.15) is 17.5 Å². The number of anilines is 1. The fourth-order valence-electron chi connectivity index (χ4n) is 2.27. The second-order valence-electron chi connectivity index (χ2n) is 5.02. The highest BCUT2D eigenvalue weighted by atomic mass is 16.1. The molecule has 0 spiro atoms. The van der Waals surface area contributed by atoms with Gasteiger partial charge in [-0.05, 0) is 30.0 Å². The van der Waals surface area contributed by atoms with Crippen LogP contribution in [0.3, 0.4) is 0 Å². The van der Waals surface area contributed by atoms with Gasteiger partial charge in [0, 0.05) is 19.3 Å². The molecule has 21 heavy (non-hydrogen) atoms. The van der Waals surface area contributed by atoms with E-state index in [9.17, 15) is 4.79 Å². The highest BCUT2D eigenvalue weighted by Crippen LogP contribution is 2.15. The molecule has 0 aromatic heterocycles. The number of likely N-dealkylation sites (N-methyl/N-ethyl adjacent to an activating group) is 1. The van der Waals surface area contributed by atoms with Crippen LogP contribution in [-0.4, -0.2) is 19.5 Å². The van der Waals surface area contributed by atoms with E-state index in [-0.39, 0.29) is 5.91 Å². The van der Waals surface area contributed by atoms with Crippen molar-refractivity contribution in [2.45, 2.75) is 19.3 Å². The lowest BCUT2D eigenvalue weighted by molar-refractivity contribution is -0.119. The predicted molar refractivity (Wildman–Crippen MR) is 87.5 cm³/mol. The molecule has 0 saturated carbocycles. The molecule has 3 heteroatoms. The molecule has 0 radical (unpaired) electrons. The zero-order chi connectivity index (χ0) is 14.9. The van der Waals surface area contributed by atoms with Crippen LogP contribution in [0.4, 0.5) is 5.69 Å². The third-order valence-corrected chi connectivity index (χ3v) is 3.45. The number of nitrogens with one attached hydrogen (secondary N) is 2. The van der Waals surface area contributed by atoms with Crippen molar-refractivity contribution in [1.29, 1.82) is 0 Å². The smallest absolute Gasteiger partial charge is 0.224 e. The van der Waals surface area contributed by atoms with Crippen LogP contribution >= 0.6 is 0 Å². The van der Waals surface area contributed by atoms with Crippen molar-refractivity contribution >= 4 is 11.6 Å². The van der Waals surface area contributed by atoms with Crippen LogP contribution in [0.2, 0.25) is 0 Å². The van der Waals surface area contributed by atoms with Crippen LogP contribution in [0.25, 0.3) is 0 Å². The quantitative estimate of drug-likeness (QED) is 0.766. The summed E-state index contributed by atoms with van der Waals surface area (Å²) in [5.74, 6) is 0.0357. The van der Waals surface area contributed by atoms with Gasteiger partial charge in [0.1, 0.15) is 0 Å². The summed E-state index contributed by atoms with van der Waals surface area (Å²) in [4.78, 5) is 11.5. The average Bonchev–Trinajstić information content (AvgIpc) is 2.54. The fourth-order valence-corrected chi connectivity index (χ4v) is 2.27. The van der Waals surface area contributed by atoms with Gasteiger partial charge >= 0.3 is 0 Å². The molecule has 110 valence electrons. The zero-order valence-electron chi connectivity index (χ0n) is 12.4. The van der Waals surface area contributed by atoms with Crippen molar-refractivity contribution in [3.05, 3.63) is 65.7 Å². The number of aryl methyl sites for hydroxylation is 1. The van der Waals surface area contributed by atoms with Crippen molar-refractivity contribution in [3.63, 3.8) is 0 Å². The number of para-hydroxylation sites is 1. The maximum absolute atomic E-state index is 11.5. The number of carbonyl (C=O) groups is 1. The molecule has 0 fully saturated rings. The molecule has 0 heterocycles. The molecular weight excluding hydrogens is 260 g/mol. The molecule has 0 bridgehead atoms. The Morgan fingerprint density at radius 3 is 2.48 bits per heavy atom. The Balaban J connectivity index is 1.84. The van der Waals surface area contributed by atoms with Gasteiger partial charge in [-0.1, -0.05) is 48.5 Å². The van der Waals surface area contributed by atoms with E-state index >= 15 is 0 Å². The van der Waals surface area contributed by atoms with Crippen molar-refractivity contribution < 1.29 is 4.79 Å². The van der Waals surface area contributed by atoms with E-state index < -0.39 is 0 Å². The largest absolute Gasteiger partial charge is 0.385 e. The molecule has 2 aromatic rings. The Hall–Kier alpha value is -2.29. The molecule has 3 nitrogen and oxygen atoms in total. The van der Waals surface area contributed by atoms with E-state index in [4.69, 9.17) is 0 Å². The molecule has 1 amide bonds. The Morgan fingerprint density at radius 2 is 1.71 bits per heavy atom. The molecule has 0 atom stereocenters. The van der Waals surface area contributed by atoms with Crippen LogP contribution in [0, 0.1) is 0 Å². The molecule has 0 saturated heterocycles. The number of rotatable bonds is 7. The molecule has 2 aromatic carbocycles. The van der Waals surface area contributed by atoms with E-state index in [0.717, 1.165) is 30.6 Å². The number of carbonyl (C=O) groups excluding carboxylic acids is 1. The normalized spacial score (nSPS) is 10.1. The first-order chi connectivity index (χ1) is 10.3. The average molecular weight is 282 g/mol. The third kappa shape index (κ3) is 4.95. The first kappa shape index (κ1) is 15.1. The number of amides is 1. The summed E-state index contributed by atoms with van der Waals surface area (Å²) in [5.41, 5.74) is 3.45. The van der Waals surface area contributed by atoms with E-state index in [0.29, 0.717) is 6.42 Å². The Bertz CT molecular complexity index is 566. The second-order valence-corrected chi connectivity index (χ2v) is 5.02. The lowest BCUT2D eigenvalue weighted by Crippen LogP contribution is -2.20. The summed E-state index contributed by atoms with van der Waals surface area (Å²) in [6.07, 6.45) is 2.54. The summed E-state index contributed by atoms with van der Waals surface area (Å²) in [6, 6.07) is 18.5. The van der Waals surface area contributed by atoms with Gasteiger partial charge in [0.15, 0.2) is 0 Å². The van der Waals surface area contributed by atoms with Crippen LogP contribution < -0.4 is 10.6 Å². The van der Waals surface area contributed by atoms with Crippen molar-refractivity contribution in [2.24, 2.45) is 0 Å². The SMILES string of the molecule is CNC(=O)Cc1ccccc1NCCCc1ccccc1. The van der Waals surface area contributed by atoms with E-state index in [1.807, 2.05) is 30.3 Å². The Labute approximate surface area is 126 Å². The van der Waals surface area contributed by atoms with Gasteiger partial charge in [-0.25, -0.2) is 0 Å². The van der Waals surface area contributed by atoms with Crippen molar-refractivity contribution in [1.82, 2.24) is 5.32 Å². The minimum absolute atomic E-state index is 0.0357. The zero-order valence-corrected chi connectivity index (χ0v) is 12.4. The number of hydrogen-bond donors (Lipinski definition) is 2. The highest BCUT2D eigenvalue weighted by Gasteiger charge is 2.05. The van der Waals surface area contributed by atoms with Gasteiger partial charge in [-0.2, -0.15) is 0 Å². The van der Waals surface area contributed by atoms with Gasteiger partial charge in [0.2, 0.25) is 5.91 Å². The van der Waals surface area contributed by atoms with E-state index in [1.54, 1.807) is 7.05 Å². The molecular formula is C18H22N2O. The maximum Gasteiger partial charge on any atom is 0.224 e. The van der Waals surface area contributed by atoms with E-state index in [2.05, 4.69) is 34.9 Å². The maximum atomic E-state index is 11.5. The molecule has 2 N–H and O–H groups in total. The topological polar surface area (TPSA) is 41.1 Å². The van der Waals surface area contributed by atoms with Crippen molar-refractivity contribution in [3.8, 4) is 0 Å². The van der Waals surface area contributed by atoms with Crippen LogP contribution in [-0.2, 0) is 17.6 Å². The summed E-state index contributed by atoms with van der Waals surface area (Å²) in [7, 11) is 1.66. The van der Waals surface area contributed by atoms with Gasteiger partial charge in [-0.15, -0.1) is 0 Å². The summed E-state index contributed by atoms with van der Waals surface area (Å²) < 4.78 is 0. The Kier molecular flexibility index (Phi) is 5.83. The third-order valence-electron chi connectivity index (χ3n) is 3.45. The fraction of sp³-hybridized carbons (Fsp3) is 0.278. The van der Waals surface area contributed by atoms with Gasteiger partial charge in [-0.3, -0.25) is 4.79 Å². The van der Waals surface area contributed by atoms with Crippen LogP contribution in [0.5, 0.6) is 0 Å². The first-order valence-corrected chi connectivity index (χ1v) is 7.36. The second kappa shape index (κ2) is 8.10. The minimum Gasteiger partial charge on any atom is -0.385 e. The van der Waals surface area contributed by atoms with Crippen LogP contribution in [0.15, 0.2) is 54.6 Å². The van der Waals surface area contributed by atoms with Crippen molar-refractivity contribution in [2.75, 3.05) is 18.9 Å². The minimum atomic E-state index is 0.0357. The van der Waals surface area contributed by atoms with E-state index in [1.165, 1.54) is 5.56 Å². The molecule has 0 aliphatic carbocycles. The molecule has 0 aliphatic heterocycles. The van der Waals surface area contributed by atoms with Gasteiger partial charge in [0.25, 0.3) is 0 Å². The number of hydrogen-bond acceptors (Lipinski definition) is 2. The first-order valence-electron chi connectivity index (χ1n) is 7.36. The monoisotopic (exact) mass is 282 g/mol. The van der Waals surface area contributed by atoms with Gasteiger partial charge in [0.05, 0.1) is 6.42 Å². The Morgan fingerprint density at radius 1 is 1.00 bits per heavy atom. The summed E-state index contributed by atoms with van der Waals surface area (Å²) in [6.45, 7) is 0.902. The lowest BCUT2D eigenvalue weighted by atomic mass is 10.1. The standard InChI is InChI=1S/C18H22N2O/c1-19-18(21)14-16-11-5-6-12-17(16)20-13-7-10-15-8-3-2-4-9-15/h2-6,8-9,11-12,20H,7,10,13-14H2,1H3,(H,19,21). The molecule has 0 unspecified atom stereocenters. The van der Waals surface area contributed by atoms with Gasteiger partial charge < -0.3 is 10.6 Å². The molecule has 2 rings (SSSR count). The predicted octanol–water partition coefficient (Wildman–Crippen LogP) is 3.02. The lowest BCUT2D eigenvalue weighted by Gasteiger charge is -2.11. The number of benzene rings is 2.